The molecule has 0 bridgehead atoms. The Balaban J connectivity index is 2.17. The molecule has 5 nitrogen and oxygen atoms in total. The summed E-state index contributed by atoms with van der Waals surface area (Å²) in [5.41, 5.74) is 0.778. The van der Waals surface area contributed by atoms with Crippen LogP contribution in [0.25, 0.3) is 0 Å². The zero-order valence-electron chi connectivity index (χ0n) is 11.3. The van der Waals surface area contributed by atoms with Crippen LogP contribution < -0.4 is 5.32 Å². The van der Waals surface area contributed by atoms with E-state index in [1.807, 2.05) is 11.2 Å². The lowest BCUT2D eigenvalue weighted by molar-refractivity contribution is 0.0735. The van der Waals surface area contributed by atoms with Gasteiger partial charge in [-0.05, 0) is 6.26 Å². The molecule has 2 rings (SSSR count). The van der Waals surface area contributed by atoms with Crippen LogP contribution in [0.15, 0.2) is 0 Å². The number of rotatable bonds is 5. The van der Waals surface area contributed by atoms with Crippen LogP contribution >= 0.6 is 23.1 Å². The molecule has 0 spiro atoms. The van der Waals surface area contributed by atoms with Gasteiger partial charge in [0.25, 0.3) is 5.91 Å². The van der Waals surface area contributed by atoms with Gasteiger partial charge >= 0.3 is 0 Å². The van der Waals surface area contributed by atoms with Crippen LogP contribution in [-0.4, -0.2) is 55.3 Å². The average molecular weight is 301 g/mol. The van der Waals surface area contributed by atoms with Crippen molar-refractivity contribution in [3.8, 4) is 0 Å². The molecule has 2 heterocycles. The molecule has 0 aromatic carbocycles. The predicted octanol–water partition coefficient (Wildman–Crippen LogP) is 1.20. The average Bonchev–Trinajstić information content (AvgIpc) is 2.83. The normalized spacial score (nSPS) is 15.8. The quantitative estimate of drug-likeness (QED) is 0.885. The molecule has 1 fully saturated rings. The lowest BCUT2D eigenvalue weighted by atomic mass is 10.3. The summed E-state index contributed by atoms with van der Waals surface area (Å²) in [5.74, 6) is 0.939. The zero-order chi connectivity index (χ0) is 13.7. The fourth-order valence-electron chi connectivity index (χ4n) is 2.00. The fraction of sp³-hybridized carbons (Fsp3) is 0.667. The number of hydrogen-bond acceptors (Lipinski definition) is 6. The summed E-state index contributed by atoms with van der Waals surface area (Å²) < 4.78 is 5.15. The van der Waals surface area contributed by atoms with E-state index in [1.54, 1.807) is 18.9 Å². The highest BCUT2D eigenvalue weighted by Crippen LogP contribution is 2.24. The van der Waals surface area contributed by atoms with E-state index in [0.717, 1.165) is 47.5 Å². The summed E-state index contributed by atoms with van der Waals surface area (Å²) in [6.45, 7) is 3.66. The van der Waals surface area contributed by atoms with E-state index in [4.69, 9.17) is 4.74 Å². The van der Waals surface area contributed by atoms with E-state index in [2.05, 4.69) is 10.3 Å². The van der Waals surface area contributed by atoms with Crippen molar-refractivity contribution >= 4 is 29.0 Å². The molecular weight excluding hydrogens is 282 g/mol. The largest absolute Gasteiger partial charge is 0.378 e. The lowest BCUT2D eigenvalue weighted by Gasteiger charge is -2.27. The Morgan fingerprint density at radius 3 is 2.89 bits per heavy atom. The van der Waals surface area contributed by atoms with Gasteiger partial charge in [-0.3, -0.25) is 4.79 Å². The number of hydrogen-bond donors (Lipinski definition) is 1. The lowest BCUT2D eigenvalue weighted by Crippen LogP contribution is -2.46. The number of piperazine rings is 1. The number of thioether (sulfide) groups is 1. The number of carbonyl (C=O) groups is 1. The van der Waals surface area contributed by atoms with Crippen molar-refractivity contribution in [1.29, 1.82) is 0 Å². The van der Waals surface area contributed by atoms with Gasteiger partial charge in [-0.2, -0.15) is 11.8 Å². The molecule has 1 aliphatic rings. The van der Waals surface area contributed by atoms with E-state index in [1.165, 1.54) is 11.3 Å². The van der Waals surface area contributed by atoms with Gasteiger partial charge in [0, 0.05) is 39.0 Å². The first kappa shape index (κ1) is 14.8. The van der Waals surface area contributed by atoms with Crippen molar-refractivity contribution in [2.75, 3.05) is 39.5 Å². The van der Waals surface area contributed by atoms with E-state index < -0.39 is 0 Å². The van der Waals surface area contributed by atoms with E-state index >= 15 is 0 Å². The van der Waals surface area contributed by atoms with Crippen molar-refractivity contribution < 1.29 is 9.53 Å². The van der Waals surface area contributed by atoms with Crippen LogP contribution in [-0.2, 0) is 17.1 Å². The fourth-order valence-corrected chi connectivity index (χ4v) is 3.73. The molecule has 1 aromatic rings. The van der Waals surface area contributed by atoms with Crippen molar-refractivity contribution in [2.45, 2.75) is 12.4 Å². The Hall–Kier alpha value is -0.630. The highest BCUT2D eigenvalue weighted by molar-refractivity contribution is 7.97. The molecule has 1 aromatic heterocycles. The molecule has 0 unspecified atom stereocenters. The smallest absolute Gasteiger partial charge is 0.266 e. The van der Waals surface area contributed by atoms with Gasteiger partial charge in [0.05, 0.1) is 12.3 Å². The van der Waals surface area contributed by atoms with Gasteiger partial charge < -0.3 is 15.0 Å². The maximum atomic E-state index is 12.5. The number of ether oxygens (including phenoxy) is 1. The molecule has 1 N–H and O–H groups in total. The summed E-state index contributed by atoms with van der Waals surface area (Å²) in [6, 6.07) is 0. The summed E-state index contributed by atoms with van der Waals surface area (Å²) in [4.78, 5) is 19.7. The van der Waals surface area contributed by atoms with Gasteiger partial charge in [-0.1, -0.05) is 0 Å². The van der Waals surface area contributed by atoms with Gasteiger partial charge in [0.1, 0.15) is 9.88 Å². The highest BCUT2D eigenvalue weighted by atomic mass is 32.2. The topological polar surface area (TPSA) is 54.5 Å². The monoisotopic (exact) mass is 301 g/mol. The first-order valence-electron chi connectivity index (χ1n) is 6.22. The molecule has 1 aliphatic heterocycles. The standard InChI is InChI=1S/C12H19N3O2S2/c1-17-7-9-11(19-10(14-9)8-18-2)12(16)15-5-3-13-4-6-15/h13H,3-8H2,1-2H3. The molecule has 1 amide bonds. The molecule has 0 radical (unpaired) electrons. The molecule has 0 saturated carbocycles. The van der Waals surface area contributed by atoms with Gasteiger partial charge in [-0.25, -0.2) is 4.98 Å². The summed E-state index contributed by atoms with van der Waals surface area (Å²) >= 11 is 3.22. The molecule has 0 atom stereocenters. The van der Waals surface area contributed by atoms with Crippen LogP contribution in [0.2, 0.25) is 0 Å². The van der Waals surface area contributed by atoms with Crippen molar-refractivity contribution in [3.05, 3.63) is 15.6 Å². The number of nitrogens with one attached hydrogen (secondary N) is 1. The second kappa shape index (κ2) is 7.23. The van der Waals surface area contributed by atoms with Crippen LogP contribution in [0, 0.1) is 0 Å². The van der Waals surface area contributed by atoms with Gasteiger partial charge in [0.2, 0.25) is 0 Å². The Labute approximate surface area is 121 Å². The SMILES string of the molecule is COCc1nc(CSC)sc1C(=O)N1CCNCC1. The molecule has 1 saturated heterocycles. The van der Waals surface area contributed by atoms with Gasteiger partial charge in [-0.15, -0.1) is 11.3 Å². The third-order valence-electron chi connectivity index (χ3n) is 2.89. The third kappa shape index (κ3) is 3.68. The van der Waals surface area contributed by atoms with E-state index in [0.29, 0.717) is 6.61 Å². The summed E-state index contributed by atoms with van der Waals surface area (Å²) in [6.07, 6.45) is 2.04. The maximum Gasteiger partial charge on any atom is 0.266 e. The minimum absolute atomic E-state index is 0.0957. The molecule has 0 aliphatic carbocycles. The summed E-state index contributed by atoms with van der Waals surface area (Å²) in [7, 11) is 1.63. The zero-order valence-corrected chi connectivity index (χ0v) is 12.9. The van der Waals surface area contributed by atoms with E-state index in [9.17, 15) is 4.79 Å². The number of amides is 1. The van der Waals surface area contributed by atoms with Crippen LogP contribution in [0.3, 0.4) is 0 Å². The molecule has 7 heteroatoms. The number of nitrogens with zero attached hydrogens (tertiary/aromatic N) is 2. The van der Waals surface area contributed by atoms with Crippen LogP contribution in [0.1, 0.15) is 20.4 Å². The first-order chi connectivity index (χ1) is 9.26. The van der Waals surface area contributed by atoms with Crippen LogP contribution in [0.4, 0.5) is 0 Å². The minimum atomic E-state index is 0.0957. The minimum Gasteiger partial charge on any atom is -0.378 e. The van der Waals surface area contributed by atoms with Crippen LogP contribution in [0.5, 0.6) is 0 Å². The third-order valence-corrected chi connectivity index (χ3v) is 4.72. The number of thiazole rings is 1. The molecule has 19 heavy (non-hydrogen) atoms. The summed E-state index contributed by atoms with van der Waals surface area (Å²) in [5, 5.41) is 4.25. The second-order valence-corrected chi connectivity index (χ2v) is 6.24. The highest BCUT2D eigenvalue weighted by Gasteiger charge is 2.24. The van der Waals surface area contributed by atoms with Crippen molar-refractivity contribution in [2.24, 2.45) is 0 Å². The van der Waals surface area contributed by atoms with Crippen molar-refractivity contribution in [1.82, 2.24) is 15.2 Å². The first-order valence-corrected chi connectivity index (χ1v) is 8.43. The maximum absolute atomic E-state index is 12.5. The number of methoxy groups -OCH3 is 1. The Morgan fingerprint density at radius 2 is 2.26 bits per heavy atom. The Kier molecular flexibility index (Phi) is 5.62. The molecule has 106 valence electrons. The predicted molar refractivity (Wildman–Crippen MR) is 78.8 cm³/mol. The Morgan fingerprint density at radius 1 is 1.53 bits per heavy atom. The van der Waals surface area contributed by atoms with Gasteiger partial charge in [0.15, 0.2) is 0 Å². The van der Waals surface area contributed by atoms with E-state index in [-0.39, 0.29) is 5.91 Å². The second-order valence-electron chi connectivity index (χ2n) is 4.29. The Bertz CT molecular complexity index is 431. The number of carbonyl (C=O) groups excluding carboxylic acids is 1. The van der Waals surface area contributed by atoms with Crippen molar-refractivity contribution in [3.63, 3.8) is 0 Å². The molecular formula is C12H19N3O2S2. The number of aromatic nitrogens is 1.